The molecule has 0 spiro atoms. The summed E-state index contributed by atoms with van der Waals surface area (Å²) in [7, 11) is 0. The molecule has 440 valence electrons. The van der Waals surface area contributed by atoms with Crippen molar-refractivity contribution < 1.29 is 90.5 Å². The fraction of sp³-hybridized carbons (Fsp3) is 0.176. The van der Waals surface area contributed by atoms with E-state index in [0.717, 1.165) is 0 Å². The van der Waals surface area contributed by atoms with Gasteiger partial charge in [0.25, 0.3) is 0 Å². The fourth-order valence-corrected chi connectivity index (χ4v) is 9.49. The van der Waals surface area contributed by atoms with Gasteiger partial charge in [-0.25, -0.2) is 38.4 Å². The molecule has 0 amide bonds. The zero-order chi connectivity index (χ0) is 60.5. The summed E-state index contributed by atoms with van der Waals surface area (Å²) < 4.78 is 70.1. The first-order valence-electron chi connectivity index (χ1n) is 27.4. The molecule has 0 radical (unpaired) electrons. The Morgan fingerprint density at radius 1 is 0.299 bits per heavy atom. The average molecular weight is 1180 g/mol. The minimum Gasteiger partial charge on any atom is -0.459 e. The second kappa shape index (κ2) is 28.3. The van der Waals surface area contributed by atoms with Crippen LogP contribution in [0.25, 0.3) is 0 Å². The monoisotopic (exact) mass is 1170 g/mol. The summed E-state index contributed by atoms with van der Waals surface area (Å²) in [6, 6.07) is 61.6. The van der Waals surface area contributed by atoms with E-state index in [9.17, 15) is 38.4 Å². The summed E-state index contributed by atoms with van der Waals surface area (Å²) in [5.41, 5.74) is 0.125. The van der Waals surface area contributed by atoms with E-state index >= 15 is 0 Å². The van der Waals surface area contributed by atoms with Crippen LogP contribution in [0.1, 0.15) is 82.9 Å². The van der Waals surface area contributed by atoms with Crippen molar-refractivity contribution in [3.05, 3.63) is 287 Å². The van der Waals surface area contributed by atoms with Crippen LogP contribution in [-0.2, 0) is 52.1 Å². The topological polar surface area (TPSA) is 238 Å². The molecular weight excluding hydrogens is 1120 g/mol. The molecule has 0 aromatic heterocycles. The Hall–Kier alpha value is -10.6. The second-order valence-corrected chi connectivity index (χ2v) is 19.6. The quantitative estimate of drug-likeness (QED) is 0.0480. The van der Waals surface area contributed by atoms with E-state index in [4.69, 9.17) is 52.1 Å². The Kier molecular flexibility index (Phi) is 19.4. The molecule has 2 heterocycles. The average Bonchev–Trinajstić information content (AvgIpc) is 2.31. The van der Waals surface area contributed by atoms with Gasteiger partial charge in [-0.15, -0.1) is 0 Å². The highest BCUT2D eigenvalue weighted by molar-refractivity contribution is 5.93. The van der Waals surface area contributed by atoms with Crippen molar-refractivity contribution >= 4 is 47.8 Å². The van der Waals surface area contributed by atoms with Gasteiger partial charge in [-0.1, -0.05) is 146 Å². The molecule has 0 unspecified atom stereocenters. The number of benzene rings is 8. The summed E-state index contributed by atoms with van der Waals surface area (Å²) in [5.74, 6) is -10.8. The molecular formula is C68H54O19. The Bertz CT molecular complexity index is 3640. The van der Waals surface area contributed by atoms with E-state index in [-0.39, 0.29) is 44.5 Å². The first kappa shape index (κ1) is 59.6. The number of rotatable bonds is 21. The number of carbonyl (C=O) groups is 8. The van der Waals surface area contributed by atoms with Crippen molar-refractivity contribution in [3.8, 4) is 0 Å². The van der Waals surface area contributed by atoms with Crippen molar-refractivity contribution in [3.63, 3.8) is 0 Å². The van der Waals surface area contributed by atoms with Crippen LogP contribution >= 0.6 is 0 Å². The summed E-state index contributed by atoms with van der Waals surface area (Å²) in [5, 5.41) is 0. The van der Waals surface area contributed by atoms with Crippen molar-refractivity contribution in [1.82, 2.24) is 0 Å². The molecule has 8 aromatic carbocycles. The number of ether oxygens (including phenoxy) is 11. The molecule has 0 bridgehead atoms. The first-order chi connectivity index (χ1) is 42.4. The van der Waals surface area contributed by atoms with E-state index in [1.54, 1.807) is 146 Å². The number of hydrogen-bond acceptors (Lipinski definition) is 19. The van der Waals surface area contributed by atoms with Crippen LogP contribution in [0.5, 0.6) is 0 Å². The van der Waals surface area contributed by atoms with Crippen LogP contribution in [-0.4, -0.2) is 122 Å². The maximum Gasteiger partial charge on any atom is 0.338 e. The van der Waals surface area contributed by atoms with Crippen LogP contribution in [0.4, 0.5) is 0 Å². The van der Waals surface area contributed by atoms with E-state index in [1.165, 1.54) is 97.1 Å². The Morgan fingerprint density at radius 3 is 0.931 bits per heavy atom. The van der Waals surface area contributed by atoms with Crippen molar-refractivity contribution in [2.45, 2.75) is 54.8 Å². The molecule has 2 aliphatic rings. The molecule has 19 nitrogen and oxygen atoms in total. The highest BCUT2D eigenvalue weighted by Gasteiger charge is 2.65. The van der Waals surface area contributed by atoms with Gasteiger partial charge in [0.05, 0.1) is 44.5 Å². The maximum absolute atomic E-state index is 14.7. The molecule has 2 aliphatic heterocycles. The summed E-state index contributed by atoms with van der Waals surface area (Å²) >= 11 is 0. The molecule has 2 saturated heterocycles. The number of esters is 8. The lowest BCUT2D eigenvalue weighted by Crippen LogP contribution is -2.66. The third-order valence-corrected chi connectivity index (χ3v) is 13.8. The number of carbonyl (C=O) groups excluding carboxylic acids is 8. The van der Waals surface area contributed by atoms with Gasteiger partial charge in [-0.2, -0.15) is 0 Å². The summed E-state index contributed by atoms with van der Waals surface area (Å²) in [6.07, 6.45) is -15.7. The maximum atomic E-state index is 14.7. The van der Waals surface area contributed by atoms with Gasteiger partial charge in [0, 0.05) is 0 Å². The van der Waals surface area contributed by atoms with Crippen LogP contribution in [0, 0.1) is 0 Å². The van der Waals surface area contributed by atoms with Gasteiger partial charge in [0.1, 0.15) is 32.0 Å². The second-order valence-electron chi connectivity index (χ2n) is 19.6. The Morgan fingerprint density at radius 2 is 0.575 bits per heavy atom. The lowest BCUT2D eigenvalue weighted by atomic mass is 9.97. The molecule has 2 fully saturated rings. The van der Waals surface area contributed by atoms with E-state index in [1.807, 2.05) is 0 Å². The van der Waals surface area contributed by atoms with Gasteiger partial charge in [-0.3, -0.25) is 0 Å². The van der Waals surface area contributed by atoms with E-state index in [0.29, 0.717) is 0 Å². The molecule has 0 N–H and O–H groups in total. The molecule has 8 aromatic rings. The van der Waals surface area contributed by atoms with Crippen molar-refractivity contribution in [1.29, 1.82) is 0 Å². The highest BCUT2D eigenvalue weighted by atomic mass is 16.8. The highest BCUT2D eigenvalue weighted by Crippen LogP contribution is 2.43. The smallest absolute Gasteiger partial charge is 0.338 e. The number of hydrogen-bond donors (Lipinski definition) is 0. The van der Waals surface area contributed by atoms with E-state index < -0.39 is 122 Å². The van der Waals surface area contributed by atoms with Crippen LogP contribution in [0.2, 0.25) is 0 Å². The predicted molar refractivity (Wildman–Crippen MR) is 306 cm³/mol. The normalized spacial score (nSPS) is 21.1. The van der Waals surface area contributed by atoms with Crippen molar-refractivity contribution in [2.75, 3.05) is 19.8 Å². The summed E-state index contributed by atoms with van der Waals surface area (Å²) in [4.78, 5) is 115. The molecule has 9 atom stereocenters. The predicted octanol–water partition coefficient (Wildman–Crippen LogP) is 9.52. The Labute approximate surface area is 498 Å². The molecule has 10 rings (SSSR count). The third kappa shape index (κ3) is 14.8. The fourth-order valence-electron chi connectivity index (χ4n) is 9.49. The standard InChI is InChI=1S/C68H54O19/c69-59(44-25-9-1-10-26-44)77-41-52-54(81-62(72)47-31-15-4-16-32-47)56(83-64(74)49-35-19-6-20-36-49)57(84-65(75)50-37-21-7-22-38-50)67(80-52)87-68(43-79-61(71)46-29-13-3-14-30-46)58(85-66(76)51-39-23-8-24-40-51)55(82-63(73)48-33-17-5-18-34-48)53(86-68)42-78-60(70)45-27-11-2-12-28-45/h1-40,52-58,67H,41-43H2/t52-,53-,54-,55-,56+,57-,58+,67-,68+/m1/s1. The summed E-state index contributed by atoms with van der Waals surface area (Å²) in [6.45, 7) is -2.69. The lowest BCUT2D eigenvalue weighted by Gasteiger charge is -2.46. The van der Waals surface area contributed by atoms with Crippen molar-refractivity contribution in [2.24, 2.45) is 0 Å². The Balaban J connectivity index is 1.16. The van der Waals surface area contributed by atoms with Crippen LogP contribution < -0.4 is 0 Å². The minimum atomic E-state index is -2.85. The zero-order valence-corrected chi connectivity index (χ0v) is 46.1. The lowest BCUT2D eigenvalue weighted by molar-refractivity contribution is -0.380. The molecule has 0 saturated carbocycles. The third-order valence-electron chi connectivity index (χ3n) is 13.8. The zero-order valence-electron chi connectivity index (χ0n) is 46.1. The molecule has 87 heavy (non-hydrogen) atoms. The van der Waals surface area contributed by atoms with Gasteiger partial charge >= 0.3 is 47.8 Å². The van der Waals surface area contributed by atoms with Crippen LogP contribution in [0.15, 0.2) is 243 Å². The van der Waals surface area contributed by atoms with Crippen LogP contribution in [0.3, 0.4) is 0 Å². The largest absolute Gasteiger partial charge is 0.459 e. The minimum absolute atomic E-state index is 0.00940. The van der Waals surface area contributed by atoms with Gasteiger partial charge in [-0.05, 0) is 97.1 Å². The SMILES string of the molecule is O=C(OC[C@H]1O[C@@](COC(=O)c2ccccc2)(O[C@H]2O[C@H](COC(=O)c3ccccc3)[C@@H](OC(=O)c3ccccc3)[C@H](OC(=O)c3ccccc3)[C@H]2OC(=O)c2ccccc2)[C@@H](OC(=O)c2ccccc2)[C@@H]1OC(=O)c1ccccc1)c1ccccc1. The molecule has 19 heteroatoms. The van der Waals surface area contributed by atoms with Gasteiger partial charge in [0.2, 0.25) is 12.1 Å². The molecule has 0 aliphatic carbocycles. The van der Waals surface area contributed by atoms with Gasteiger partial charge in [0.15, 0.2) is 30.5 Å². The first-order valence-corrected chi connectivity index (χ1v) is 27.4. The van der Waals surface area contributed by atoms with E-state index in [2.05, 4.69) is 0 Å². The van der Waals surface area contributed by atoms with Gasteiger partial charge < -0.3 is 52.1 Å².